The number of hydrogen-bond donors (Lipinski definition) is 0. The molecule has 0 amide bonds. The van der Waals surface area contributed by atoms with Crippen molar-refractivity contribution >= 4 is 6.08 Å². The highest BCUT2D eigenvalue weighted by molar-refractivity contribution is 5.48. The third-order valence-corrected chi connectivity index (χ3v) is 3.51. The molecule has 0 heterocycles. The van der Waals surface area contributed by atoms with Crippen LogP contribution in [0.4, 0.5) is 0 Å². The zero-order valence-electron chi connectivity index (χ0n) is 13.4. The largest absolute Gasteiger partial charge is 0.461 e. The Hall–Kier alpha value is -2.84. The summed E-state index contributed by atoms with van der Waals surface area (Å²) in [6.07, 6.45) is 3.61. The predicted octanol–water partition coefficient (Wildman–Crippen LogP) is 5.49. The van der Waals surface area contributed by atoms with E-state index in [-0.39, 0.29) is 0 Å². The van der Waals surface area contributed by atoms with Crippen LogP contribution in [-0.2, 0) is 4.74 Å². The summed E-state index contributed by atoms with van der Waals surface area (Å²) < 4.78 is 11.9. The molecule has 1 atom stereocenters. The highest BCUT2D eigenvalue weighted by atomic mass is 16.7. The molecule has 0 fully saturated rings. The molecule has 0 aliphatic carbocycles. The van der Waals surface area contributed by atoms with E-state index in [1.807, 2.05) is 91.0 Å². The number of para-hydroxylation sites is 1. The van der Waals surface area contributed by atoms with Gasteiger partial charge in [0.05, 0.1) is 6.61 Å². The quantitative estimate of drug-likeness (QED) is 0.536. The van der Waals surface area contributed by atoms with Crippen LogP contribution >= 0.6 is 0 Å². The first-order valence-corrected chi connectivity index (χ1v) is 8.02. The summed E-state index contributed by atoms with van der Waals surface area (Å²) in [4.78, 5) is 0. The minimum atomic E-state index is -0.436. The van der Waals surface area contributed by atoms with Crippen LogP contribution in [0.1, 0.15) is 17.4 Å². The summed E-state index contributed by atoms with van der Waals surface area (Å²) in [5, 5.41) is 0. The number of benzene rings is 3. The van der Waals surface area contributed by atoms with Crippen molar-refractivity contribution in [3.8, 4) is 5.75 Å². The maximum atomic E-state index is 6.00. The first kappa shape index (κ1) is 16.0. The van der Waals surface area contributed by atoms with Gasteiger partial charge in [0.1, 0.15) is 5.75 Å². The molecule has 3 rings (SSSR count). The lowest BCUT2D eigenvalue weighted by atomic mass is 10.2. The number of ether oxygens (including phenoxy) is 2. The maximum absolute atomic E-state index is 6.00. The molecule has 120 valence electrons. The molecule has 0 aromatic heterocycles. The molecule has 0 bridgehead atoms. The molecule has 0 N–H and O–H groups in total. The molecule has 3 aromatic carbocycles. The van der Waals surface area contributed by atoms with Gasteiger partial charge in [0.25, 0.3) is 0 Å². The fourth-order valence-corrected chi connectivity index (χ4v) is 2.32. The second-order valence-corrected chi connectivity index (χ2v) is 5.32. The van der Waals surface area contributed by atoms with Gasteiger partial charge in [-0.3, -0.25) is 0 Å². The zero-order valence-corrected chi connectivity index (χ0v) is 13.4. The first-order chi connectivity index (χ1) is 11.9. The smallest absolute Gasteiger partial charge is 0.227 e. The third-order valence-electron chi connectivity index (χ3n) is 3.51. The average Bonchev–Trinajstić information content (AvgIpc) is 2.66. The lowest BCUT2D eigenvalue weighted by molar-refractivity contribution is -0.0722. The van der Waals surface area contributed by atoms with Crippen molar-refractivity contribution < 1.29 is 9.47 Å². The van der Waals surface area contributed by atoms with Gasteiger partial charge in [0.15, 0.2) is 0 Å². The van der Waals surface area contributed by atoms with Crippen molar-refractivity contribution in [2.24, 2.45) is 0 Å². The van der Waals surface area contributed by atoms with E-state index >= 15 is 0 Å². The minimum absolute atomic E-state index is 0.436. The Morgan fingerprint density at radius 2 is 1.29 bits per heavy atom. The molecule has 0 spiro atoms. The molecule has 24 heavy (non-hydrogen) atoms. The van der Waals surface area contributed by atoms with Crippen molar-refractivity contribution in [1.29, 1.82) is 0 Å². The molecule has 1 unspecified atom stereocenters. The van der Waals surface area contributed by atoms with Gasteiger partial charge in [0, 0.05) is 5.56 Å². The van der Waals surface area contributed by atoms with Crippen molar-refractivity contribution in [2.75, 3.05) is 6.61 Å². The van der Waals surface area contributed by atoms with Crippen LogP contribution in [0.3, 0.4) is 0 Å². The van der Waals surface area contributed by atoms with Crippen LogP contribution in [-0.4, -0.2) is 6.61 Å². The van der Waals surface area contributed by atoms with Gasteiger partial charge < -0.3 is 9.47 Å². The van der Waals surface area contributed by atoms with Crippen molar-refractivity contribution in [1.82, 2.24) is 0 Å². The highest BCUT2D eigenvalue weighted by Gasteiger charge is 2.12. The van der Waals surface area contributed by atoms with Crippen LogP contribution in [0.25, 0.3) is 6.08 Å². The standard InChI is InChI=1S/C22H20O2/c1-4-11-19(12-5-1)13-10-18-23-22(20-14-6-2-7-15-20)24-21-16-8-3-9-17-21/h1-17,22H,18H2. The van der Waals surface area contributed by atoms with Gasteiger partial charge in [0.2, 0.25) is 6.29 Å². The normalized spacial score (nSPS) is 12.2. The Bertz CT molecular complexity index is 737. The summed E-state index contributed by atoms with van der Waals surface area (Å²) in [7, 11) is 0. The fraction of sp³-hybridized carbons (Fsp3) is 0.0909. The molecule has 0 radical (unpaired) electrons. The number of rotatable bonds is 7. The van der Waals surface area contributed by atoms with Gasteiger partial charge in [-0.15, -0.1) is 0 Å². The predicted molar refractivity (Wildman–Crippen MR) is 97.7 cm³/mol. The lowest BCUT2D eigenvalue weighted by Crippen LogP contribution is -2.12. The summed E-state index contributed by atoms with van der Waals surface area (Å²) in [6, 6.07) is 29.9. The van der Waals surface area contributed by atoms with Gasteiger partial charge >= 0.3 is 0 Å². The topological polar surface area (TPSA) is 18.5 Å². The van der Waals surface area contributed by atoms with E-state index in [2.05, 4.69) is 12.1 Å². The molecule has 0 saturated heterocycles. The van der Waals surface area contributed by atoms with E-state index in [1.165, 1.54) is 0 Å². The van der Waals surface area contributed by atoms with E-state index in [4.69, 9.17) is 9.47 Å². The molecule has 0 aliphatic rings. The third kappa shape index (κ3) is 4.83. The van der Waals surface area contributed by atoms with Crippen LogP contribution in [0.2, 0.25) is 0 Å². The van der Waals surface area contributed by atoms with Crippen molar-refractivity contribution in [2.45, 2.75) is 6.29 Å². The second-order valence-electron chi connectivity index (χ2n) is 5.32. The molecular weight excluding hydrogens is 296 g/mol. The lowest BCUT2D eigenvalue weighted by Gasteiger charge is -2.19. The van der Waals surface area contributed by atoms with Crippen LogP contribution in [0.5, 0.6) is 5.75 Å². The SMILES string of the molecule is C(=Cc1ccccc1)COC(Oc1ccccc1)c1ccccc1. The van der Waals surface area contributed by atoms with Gasteiger partial charge in [-0.05, 0) is 17.7 Å². The summed E-state index contributed by atoms with van der Waals surface area (Å²) in [5.74, 6) is 0.790. The highest BCUT2D eigenvalue weighted by Crippen LogP contribution is 2.22. The van der Waals surface area contributed by atoms with Gasteiger partial charge in [-0.2, -0.15) is 0 Å². The van der Waals surface area contributed by atoms with Gasteiger partial charge in [-0.1, -0.05) is 91.0 Å². The Labute approximate surface area is 143 Å². The van der Waals surface area contributed by atoms with Crippen molar-refractivity contribution in [3.63, 3.8) is 0 Å². The van der Waals surface area contributed by atoms with Gasteiger partial charge in [-0.25, -0.2) is 0 Å². The second kappa shape index (κ2) is 8.70. The molecule has 0 saturated carbocycles. The maximum Gasteiger partial charge on any atom is 0.227 e. The summed E-state index contributed by atoms with van der Waals surface area (Å²) >= 11 is 0. The molecule has 2 nitrogen and oxygen atoms in total. The first-order valence-electron chi connectivity index (χ1n) is 8.02. The van der Waals surface area contributed by atoms with Crippen LogP contribution < -0.4 is 4.74 Å². The van der Waals surface area contributed by atoms with E-state index in [0.29, 0.717) is 6.61 Å². The van der Waals surface area contributed by atoms with Crippen LogP contribution in [0.15, 0.2) is 97.1 Å². The van der Waals surface area contributed by atoms with Crippen LogP contribution in [0, 0.1) is 0 Å². The van der Waals surface area contributed by atoms with Crippen molar-refractivity contribution in [3.05, 3.63) is 108 Å². The molecular formula is C22H20O2. The van der Waals surface area contributed by atoms with E-state index in [9.17, 15) is 0 Å². The summed E-state index contributed by atoms with van der Waals surface area (Å²) in [5.41, 5.74) is 2.15. The fourth-order valence-electron chi connectivity index (χ4n) is 2.32. The Kier molecular flexibility index (Phi) is 5.81. The minimum Gasteiger partial charge on any atom is -0.461 e. The monoisotopic (exact) mass is 316 g/mol. The number of hydrogen-bond acceptors (Lipinski definition) is 2. The molecule has 0 aliphatic heterocycles. The average molecular weight is 316 g/mol. The van der Waals surface area contributed by atoms with E-state index in [1.54, 1.807) is 0 Å². The van der Waals surface area contributed by atoms with E-state index < -0.39 is 6.29 Å². The Balaban J connectivity index is 1.65. The molecule has 2 heteroatoms. The molecule has 3 aromatic rings. The Morgan fingerprint density at radius 3 is 1.96 bits per heavy atom. The zero-order chi connectivity index (χ0) is 16.5. The summed E-state index contributed by atoms with van der Waals surface area (Å²) in [6.45, 7) is 0.474. The Morgan fingerprint density at radius 1 is 0.708 bits per heavy atom. The van der Waals surface area contributed by atoms with E-state index in [0.717, 1.165) is 16.9 Å².